The van der Waals surface area contributed by atoms with Crippen molar-refractivity contribution in [2.24, 2.45) is 0 Å². The largest absolute Gasteiger partial charge is 0.544 e. The Balaban J connectivity index is 4.33. The van der Waals surface area contributed by atoms with E-state index in [9.17, 15) is 19.5 Å². The Kier molecular flexibility index (Phi) is 38.6. The Morgan fingerprint density at radius 3 is 1.39 bits per heavy atom. The first-order valence-corrected chi connectivity index (χ1v) is 23.5. The molecule has 0 N–H and O–H groups in total. The molecule has 0 spiro atoms. The van der Waals surface area contributed by atoms with E-state index in [4.69, 9.17) is 14.2 Å². The van der Waals surface area contributed by atoms with Gasteiger partial charge in [0.2, 0.25) is 0 Å². The second-order valence-corrected chi connectivity index (χ2v) is 17.0. The number of nitrogens with zero attached hydrogens (tertiary/aromatic N) is 1. The van der Waals surface area contributed by atoms with Crippen molar-refractivity contribution in [3.63, 3.8) is 0 Å². The number of allylic oxidation sites excluding steroid dienone is 6. The van der Waals surface area contributed by atoms with Gasteiger partial charge >= 0.3 is 11.9 Å². The summed E-state index contributed by atoms with van der Waals surface area (Å²) in [4.78, 5) is 36.9. The van der Waals surface area contributed by atoms with Gasteiger partial charge in [-0.2, -0.15) is 0 Å². The monoisotopic (exact) mass is 804 g/mol. The van der Waals surface area contributed by atoms with Crippen molar-refractivity contribution in [2.45, 2.75) is 219 Å². The molecule has 0 aliphatic heterocycles. The fraction of sp³-hybridized carbons (Fsp3) is 0.816. The molecule has 0 amide bonds. The molecule has 0 aliphatic rings. The lowest BCUT2D eigenvalue weighted by molar-refractivity contribution is -0.889. The maximum absolute atomic E-state index is 12.7. The van der Waals surface area contributed by atoms with Gasteiger partial charge in [-0.1, -0.05) is 153 Å². The number of hydrogen-bond donors (Lipinski definition) is 0. The third kappa shape index (κ3) is 38.8. The Labute approximate surface area is 351 Å². The van der Waals surface area contributed by atoms with Gasteiger partial charge in [0, 0.05) is 19.3 Å². The number of quaternary nitrogens is 1. The molecule has 0 aromatic carbocycles. The van der Waals surface area contributed by atoms with Crippen LogP contribution in [0.1, 0.15) is 206 Å². The smallest absolute Gasteiger partial charge is 0.306 e. The highest BCUT2D eigenvalue weighted by Crippen LogP contribution is 2.14. The first-order valence-electron chi connectivity index (χ1n) is 23.5. The van der Waals surface area contributed by atoms with Crippen LogP contribution in [-0.2, 0) is 28.6 Å². The van der Waals surface area contributed by atoms with E-state index in [1.165, 1.54) is 109 Å². The minimum Gasteiger partial charge on any atom is -0.544 e. The van der Waals surface area contributed by atoms with Crippen LogP contribution < -0.4 is 5.11 Å². The van der Waals surface area contributed by atoms with Crippen LogP contribution in [-0.4, -0.2) is 75.5 Å². The van der Waals surface area contributed by atoms with E-state index < -0.39 is 18.1 Å². The number of carbonyl (C=O) groups is 3. The number of aliphatic carboxylic acids is 1. The van der Waals surface area contributed by atoms with Gasteiger partial charge in [-0.3, -0.25) is 9.59 Å². The molecule has 0 heterocycles. The van der Waals surface area contributed by atoms with Crippen molar-refractivity contribution in [2.75, 3.05) is 41.0 Å². The number of likely N-dealkylation sites (N-methyl/N-ethyl adjacent to an activating group) is 1. The fourth-order valence-electron chi connectivity index (χ4n) is 6.80. The van der Waals surface area contributed by atoms with Crippen LogP contribution in [0.4, 0.5) is 0 Å². The number of esters is 2. The summed E-state index contributed by atoms with van der Waals surface area (Å²) in [7, 11) is 5.40. The lowest BCUT2D eigenvalue weighted by Gasteiger charge is -2.34. The molecular formula is C49H89NO7. The zero-order valence-corrected chi connectivity index (χ0v) is 37.8. The number of carboxylic acids is 1. The molecule has 0 radical (unpaired) electrons. The van der Waals surface area contributed by atoms with Crippen molar-refractivity contribution in [3.8, 4) is 0 Å². The molecule has 0 saturated carbocycles. The highest BCUT2D eigenvalue weighted by Gasteiger charge is 2.25. The normalized spacial score (nSPS) is 13.2. The number of rotatable bonds is 42. The lowest BCUT2D eigenvalue weighted by Crippen LogP contribution is -2.55. The van der Waals surface area contributed by atoms with Crippen LogP contribution in [0.3, 0.4) is 0 Å². The summed E-state index contributed by atoms with van der Waals surface area (Å²) in [6.45, 7) is 4.63. The molecule has 0 saturated heterocycles. The number of hydrogen-bond acceptors (Lipinski definition) is 7. The van der Waals surface area contributed by atoms with Crippen molar-refractivity contribution in [1.82, 2.24) is 0 Å². The van der Waals surface area contributed by atoms with Gasteiger partial charge in [-0.15, -0.1) is 0 Å². The standard InChI is InChI=1S/C49H89NO7/c1-6-8-10-12-14-16-18-20-22-24-26-27-29-31-33-35-37-39-47(51)56-44-45(43-55-42-41-46(49(53)54)50(3,4)5)57-48(52)40-38-36-34-32-30-28-25-23-21-19-17-15-13-11-9-7-2/h17,19-20,22-23,25,45-46H,6-16,18,21,24,26-44H2,1-5H3/b19-17-,22-20-,25-23-. The average Bonchev–Trinajstić information content (AvgIpc) is 3.17. The van der Waals surface area contributed by atoms with E-state index in [-0.39, 0.29) is 42.7 Å². The summed E-state index contributed by atoms with van der Waals surface area (Å²) < 4.78 is 17.2. The van der Waals surface area contributed by atoms with Crippen molar-refractivity contribution < 1.29 is 38.2 Å². The van der Waals surface area contributed by atoms with Gasteiger partial charge in [0.05, 0.1) is 40.3 Å². The first-order chi connectivity index (χ1) is 27.6. The minimum absolute atomic E-state index is 0.0348. The molecule has 2 atom stereocenters. The first kappa shape index (κ1) is 54.6. The summed E-state index contributed by atoms with van der Waals surface area (Å²) in [6, 6.07) is -0.728. The molecule has 8 nitrogen and oxygen atoms in total. The molecule has 332 valence electrons. The Morgan fingerprint density at radius 1 is 0.526 bits per heavy atom. The molecular weight excluding hydrogens is 715 g/mol. The van der Waals surface area contributed by atoms with Gasteiger partial charge in [-0.25, -0.2) is 0 Å². The molecule has 57 heavy (non-hydrogen) atoms. The SMILES string of the molecule is CCCCCC/C=C\C/C=C\CCCCCCCC(=O)OC(COCCC(C(=O)[O-])[N+](C)(C)C)COC(=O)CCCCCCCCC/C=C\CCCCCCCC. The van der Waals surface area contributed by atoms with Crippen LogP contribution in [0, 0.1) is 0 Å². The summed E-state index contributed by atoms with van der Waals surface area (Å²) in [5, 5.41) is 11.6. The molecule has 0 bridgehead atoms. The Morgan fingerprint density at radius 2 is 0.930 bits per heavy atom. The van der Waals surface area contributed by atoms with Crippen molar-refractivity contribution in [1.29, 1.82) is 0 Å². The van der Waals surface area contributed by atoms with E-state index >= 15 is 0 Å². The van der Waals surface area contributed by atoms with E-state index in [0.29, 0.717) is 12.8 Å². The third-order valence-corrected chi connectivity index (χ3v) is 10.5. The van der Waals surface area contributed by atoms with Crippen LogP contribution in [0.5, 0.6) is 0 Å². The number of carboxylic acid groups (broad SMARTS) is 1. The van der Waals surface area contributed by atoms with Gasteiger partial charge in [0.15, 0.2) is 6.10 Å². The lowest BCUT2D eigenvalue weighted by atomic mass is 10.1. The van der Waals surface area contributed by atoms with Crippen molar-refractivity contribution in [3.05, 3.63) is 36.5 Å². The van der Waals surface area contributed by atoms with E-state index in [2.05, 4.69) is 50.3 Å². The highest BCUT2D eigenvalue weighted by atomic mass is 16.6. The number of unbranched alkanes of at least 4 members (excludes halogenated alkanes) is 22. The molecule has 0 aromatic rings. The molecule has 8 heteroatoms. The molecule has 0 aromatic heterocycles. The van der Waals surface area contributed by atoms with Crippen LogP contribution in [0.2, 0.25) is 0 Å². The minimum atomic E-state index is -1.13. The van der Waals surface area contributed by atoms with E-state index in [1.54, 1.807) is 21.1 Å². The Bertz CT molecular complexity index is 1030. The summed E-state index contributed by atoms with van der Waals surface area (Å²) in [6.07, 6.45) is 45.9. The second-order valence-electron chi connectivity index (χ2n) is 17.0. The molecule has 0 rings (SSSR count). The highest BCUT2D eigenvalue weighted by molar-refractivity contribution is 5.70. The van der Waals surface area contributed by atoms with E-state index in [1.807, 2.05) is 0 Å². The maximum Gasteiger partial charge on any atom is 0.306 e. The van der Waals surface area contributed by atoms with Gasteiger partial charge < -0.3 is 28.6 Å². The van der Waals surface area contributed by atoms with Gasteiger partial charge in [0.1, 0.15) is 12.6 Å². The number of ether oxygens (including phenoxy) is 3. The molecule has 0 fully saturated rings. The summed E-state index contributed by atoms with van der Waals surface area (Å²) >= 11 is 0. The topological polar surface area (TPSA) is 102 Å². The number of carbonyl (C=O) groups excluding carboxylic acids is 3. The van der Waals surface area contributed by atoms with Crippen LogP contribution in [0.15, 0.2) is 36.5 Å². The van der Waals surface area contributed by atoms with Crippen LogP contribution in [0.25, 0.3) is 0 Å². The second kappa shape index (κ2) is 40.3. The van der Waals surface area contributed by atoms with E-state index in [0.717, 1.165) is 64.2 Å². The van der Waals surface area contributed by atoms with Gasteiger partial charge in [-0.05, 0) is 70.6 Å². The predicted molar refractivity (Wildman–Crippen MR) is 236 cm³/mol. The quantitative estimate of drug-likeness (QED) is 0.0262. The van der Waals surface area contributed by atoms with Crippen molar-refractivity contribution >= 4 is 17.9 Å². The summed E-state index contributed by atoms with van der Waals surface area (Å²) in [5.74, 6) is -1.75. The zero-order chi connectivity index (χ0) is 42.1. The fourth-order valence-corrected chi connectivity index (χ4v) is 6.80. The Hall–Kier alpha value is -2.45. The maximum atomic E-state index is 12.7. The predicted octanol–water partition coefficient (Wildman–Crippen LogP) is 11.7. The zero-order valence-electron chi connectivity index (χ0n) is 37.8. The average molecular weight is 804 g/mol. The van der Waals surface area contributed by atoms with Gasteiger partial charge in [0.25, 0.3) is 0 Å². The van der Waals surface area contributed by atoms with Crippen LogP contribution >= 0.6 is 0 Å². The molecule has 2 unspecified atom stereocenters. The third-order valence-electron chi connectivity index (χ3n) is 10.5. The molecule has 0 aliphatic carbocycles. The summed E-state index contributed by atoms with van der Waals surface area (Å²) in [5.41, 5.74) is 0.